The molecule has 0 saturated carbocycles. The van der Waals surface area contributed by atoms with Crippen LogP contribution >= 0.6 is 0 Å². The summed E-state index contributed by atoms with van der Waals surface area (Å²) in [7, 11) is 0. The van der Waals surface area contributed by atoms with Gasteiger partial charge in [-0.05, 0) is 62.5 Å². The number of aromatic nitrogens is 2. The van der Waals surface area contributed by atoms with Crippen LogP contribution in [0.15, 0.2) is 72.5 Å². The number of amides is 1. The quantitative estimate of drug-likeness (QED) is 0.440. The van der Waals surface area contributed by atoms with E-state index in [0.717, 1.165) is 22.3 Å². The van der Waals surface area contributed by atoms with Gasteiger partial charge in [0.2, 0.25) is 0 Å². The van der Waals surface area contributed by atoms with E-state index in [9.17, 15) is 4.79 Å². The Morgan fingerprint density at radius 3 is 2.94 bits per heavy atom. The normalized spacial score (nSPS) is 17.6. The number of allylic oxidation sites excluding steroid dienone is 2. The molecule has 2 heterocycles. The lowest BCUT2D eigenvalue weighted by Gasteiger charge is -2.26. The number of rotatable bonds is 6. The first-order valence-corrected chi connectivity index (χ1v) is 10.4. The summed E-state index contributed by atoms with van der Waals surface area (Å²) in [6, 6.07) is 13.3. The molecule has 32 heavy (non-hydrogen) atoms. The Hall–Kier alpha value is -4.24. The van der Waals surface area contributed by atoms with Crippen LogP contribution in [0.4, 0.5) is 11.4 Å². The number of hydrogen-bond acceptors (Lipinski definition) is 4. The van der Waals surface area contributed by atoms with Gasteiger partial charge in [0.15, 0.2) is 0 Å². The lowest BCUT2D eigenvalue weighted by Crippen LogP contribution is -2.36. The summed E-state index contributed by atoms with van der Waals surface area (Å²) in [5.74, 6) is 2.20. The van der Waals surface area contributed by atoms with E-state index in [1.165, 1.54) is 5.57 Å². The number of benzene rings is 2. The molecule has 2 aromatic carbocycles. The van der Waals surface area contributed by atoms with Crippen LogP contribution in [0.2, 0.25) is 0 Å². The molecule has 3 aromatic rings. The number of nitrogens with zero attached hydrogens (tertiary/aromatic N) is 1. The molecule has 1 amide bonds. The van der Waals surface area contributed by atoms with E-state index in [2.05, 4.69) is 58.1 Å². The highest BCUT2D eigenvalue weighted by atomic mass is 16.1. The maximum Gasteiger partial charge on any atom is 0.254 e. The summed E-state index contributed by atoms with van der Waals surface area (Å²) in [4.78, 5) is 12.4. The fraction of sp³-hybridized carbons (Fsp3) is 0.154. The van der Waals surface area contributed by atoms with Crippen LogP contribution < -0.4 is 16.0 Å². The Balaban J connectivity index is 1.56. The zero-order valence-electron chi connectivity index (χ0n) is 18.1. The van der Waals surface area contributed by atoms with Crippen molar-refractivity contribution in [2.24, 2.45) is 0 Å². The number of hydrogen-bond donors (Lipinski definition) is 4. The molecule has 160 valence electrons. The van der Waals surface area contributed by atoms with Crippen LogP contribution in [0.3, 0.4) is 0 Å². The molecular formula is C26H25N5O. The summed E-state index contributed by atoms with van der Waals surface area (Å²) in [5.41, 5.74) is 4.80. The van der Waals surface area contributed by atoms with Gasteiger partial charge in [0.1, 0.15) is 0 Å². The molecule has 1 aliphatic rings. The average molecular weight is 424 g/mol. The molecule has 0 fully saturated rings. The third kappa shape index (κ3) is 4.57. The van der Waals surface area contributed by atoms with Gasteiger partial charge in [-0.3, -0.25) is 9.89 Å². The Morgan fingerprint density at radius 2 is 2.12 bits per heavy atom. The highest BCUT2D eigenvalue weighted by Gasteiger charge is 2.18. The van der Waals surface area contributed by atoms with Crippen molar-refractivity contribution in [3.05, 3.63) is 83.7 Å². The van der Waals surface area contributed by atoms with Gasteiger partial charge in [-0.1, -0.05) is 35.8 Å². The van der Waals surface area contributed by atoms with Crippen molar-refractivity contribution in [2.45, 2.75) is 19.4 Å². The second-order valence-corrected chi connectivity index (χ2v) is 7.91. The third-order valence-electron chi connectivity index (χ3n) is 5.25. The molecule has 1 aromatic heterocycles. The van der Waals surface area contributed by atoms with Gasteiger partial charge >= 0.3 is 0 Å². The molecular weight excluding hydrogens is 398 g/mol. The number of fused-ring (bicyclic) bond motifs is 1. The number of dihydropyridines is 1. The fourth-order valence-corrected chi connectivity index (χ4v) is 3.68. The minimum atomic E-state index is -0.255. The summed E-state index contributed by atoms with van der Waals surface area (Å²) in [6.07, 6.45) is 15.6. The molecule has 1 unspecified atom stereocenters. The van der Waals surface area contributed by atoms with Crippen LogP contribution in [0, 0.1) is 12.3 Å². The fourth-order valence-electron chi connectivity index (χ4n) is 3.68. The zero-order valence-corrected chi connectivity index (χ0v) is 18.1. The summed E-state index contributed by atoms with van der Waals surface area (Å²) in [6.45, 7) is 4.38. The van der Waals surface area contributed by atoms with Gasteiger partial charge < -0.3 is 16.0 Å². The standard InChI is InChI=1S/C26H25N5O/c1-4-14-27-25(32)21-7-5-6-8-22(21)29-19-9-10-20-23(30-31-24(20)16-19)11-13-26(3)17-18(2)12-15-28-26/h1,5-13,15-17,28-29H,14H2,2-3H3,(H,27,32)(H,30,31)/b13-11+. The average Bonchev–Trinajstić information content (AvgIpc) is 3.18. The summed E-state index contributed by atoms with van der Waals surface area (Å²) in [5, 5.41) is 18.0. The van der Waals surface area contributed by atoms with E-state index >= 15 is 0 Å². The first kappa shape index (κ1) is 21.0. The molecule has 1 atom stereocenters. The Morgan fingerprint density at radius 1 is 1.28 bits per heavy atom. The number of nitrogens with one attached hydrogen (secondary N) is 4. The Labute approximate surface area is 187 Å². The predicted octanol–water partition coefficient (Wildman–Crippen LogP) is 4.50. The molecule has 6 heteroatoms. The number of carbonyl (C=O) groups excluding carboxylic acids is 1. The number of para-hydroxylation sites is 1. The second-order valence-electron chi connectivity index (χ2n) is 7.91. The maximum absolute atomic E-state index is 12.4. The molecule has 0 radical (unpaired) electrons. The summed E-state index contributed by atoms with van der Waals surface area (Å²) >= 11 is 0. The van der Waals surface area contributed by atoms with E-state index in [-0.39, 0.29) is 18.0 Å². The van der Waals surface area contributed by atoms with Gasteiger partial charge in [-0.25, -0.2) is 0 Å². The second kappa shape index (κ2) is 8.86. The van der Waals surface area contributed by atoms with Crippen LogP contribution in [-0.2, 0) is 0 Å². The first-order valence-electron chi connectivity index (χ1n) is 10.4. The van der Waals surface area contributed by atoms with E-state index in [4.69, 9.17) is 6.42 Å². The number of anilines is 2. The van der Waals surface area contributed by atoms with Gasteiger partial charge in [0.05, 0.1) is 34.5 Å². The lowest BCUT2D eigenvalue weighted by molar-refractivity contribution is 0.0959. The number of terminal acetylenes is 1. The van der Waals surface area contributed by atoms with Crippen molar-refractivity contribution in [1.29, 1.82) is 0 Å². The third-order valence-corrected chi connectivity index (χ3v) is 5.25. The minimum Gasteiger partial charge on any atom is -0.379 e. The minimum absolute atomic E-state index is 0.184. The highest BCUT2D eigenvalue weighted by Crippen LogP contribution is 2.26. The van der Waals surface area contributed by atoms with Gasteiger partial charge in [-0.2, -0.15) is 5.10 Å². The lowest BCUT2D eigenvalue weighted by atomic mass is 9.95. The molecule has 1 aliphatic heterocycles. The summed E-state index contributed by atoms with van der Waals surface area (Å²) < 4.78 is 0. The van der Waals surface area contributed by atoms with E-state index in [1.54, 1.807) is 6.07 Å². The van der Waals surface area contributed by atoms with Gasteiger partial charge in [-0.15, -0.1) is 6.42 Å². The molecule has 0 aliphatic carbocycles. The topological polar surface area (TPSA) is 81.8 Å². The van der Waals surface area contributed by atoms with E-state index < -0.39 is 0 Å². The van der Waals surface area contributed by atoms with E-state index in [1.807, 2.05) is 54.8 Å². The molecule has 4 N–H and O–H groups in total. The van der Waals surface area contributed by atoms with Crippen LogP contribution in [0.1, 0.15) is 29.9 Å². The van der Waals surface area contributed by atoms with Gasteiger partial charge in [0.25, 0.3) is 5.91 Å². The predicted molar refractivity (Wildman–Crippen MR) is 130 cm³/mol. The van der Waals surface area contributed by atoms with Gasteiger partial charge in [0, 0.05) is 11.1 Å². The Kier molecular flexibility index (Phi) is 5.82. The van der Waals surface area contributed by atoms with Crippen molar-refractivity contribution >= 4 is 34.3 Å². The molecule has 0 bridgehead atoms. The SMILES string of the molecule is C#CCNC(=O)c1ccccc1Nc1ccc2c(/C=C/C3(C)C=C(C)C=CN3)n[nH]c2c1. The van der Waals surface area contributed by atoms with Crippen LogP contribution in [0.5, 0.6) is 0 Å². The van der Waals surface area contributed by atoms with Crippen molar-refractivity contribution in [1.82, 2.24) is 20.8 Å². The zero-order chi connectivity index (χ0) is 22.6. The number of carbonyl (C=O) groups is 1. The smallest absolute Gasteiger partial charge is 0.254 e. The van der Waals surface area contributed by atoms with Crippen molar-refractivity contribution in [3.8, 4) is 12.3 Å². The van der Waals surface area contributed by atoms with Crippen molar-refractivity contribution < 1.29 is 4.79 Å². The van der Waals surface area contributed by atoms with Crippen LogP contribution in [-0.4, -0.2) is 28.2 Å². The monoisotopic (exact) mass is 423 g/mol. The first-order chi connectivity index (χ1) is 15.5. The Bertz CT molecular complexity index is 1290. The van der Waals surface area contributed by atoms with Crippen LogP contribution in [0.25, 0.3) is 17.0 Å². The molecule has 0 saturated heterocycles. The van der Waals surface area contributed by atoms with Crippen molar-refractivity contribution in [2.75, 3.05) is 11.9 Å². The van der Waals surface area contributed by atoms with Crippen molar-refractivity contribution in [3.63, 3.8) is 0 Å². The molecule has 6 nitrogen and oxygen atoms in total. The molecule has 4 rings (SSSR count). The molecule has 0 spiro atoms. The number of H-pyrrole nitrogens is 1. The highest BCUT2D eigenvalue weighted by molar-refractivity contribution is 6.00. The largest absolute Gasteiger partial charge is 0.379 e. The maximum atomic E-state index is 12.4. The van der Waals surface area contributed by atoms with E-state index in [0.29, 0.717) is 11.3 Å². The number of aromatic amines is 1.